The lowest BCUT2D eigenvalue weighted by atomic mass is 10.1. The van der Waals surface area contributed by atoms with Crippen LogP contribution in [0.2, 0.25) is 0 Å². The average Bonchev–Trinajstić information content (AvgIpc) is 3.10. The number of nitrogens with zero attached hydrogens (tertiary/aromatic N) is 2. The van der Waals surface area contributed by atoms with Gasteiger partial charge in [-0.3, -0.25) is 19.6 Å². The number of anilines is 1. The van der Waals surface area contributed by atoms with Crippen LogP contribution in [-0.2, 0) is 14.3 Å². The van der Waals surface area contributed by atoms with Crippen LogP contribution < -0.4 is 10.2 Å². The third-order valence-electron chi connectivity index (χ3n) is 3.81. The van der Waals surface area contributed by atoms with E-state index in [0.717, 1.165) is 10.9 Å². The van der Waals surface area contributed by atoms with Gasteiger partial charge in [-0.15, -0.1) is 0 Å². The molecule has 1 aromatic heterocycles. The Morgan fingerprint density at radius 3 is 3.14 bits per heavy atom. The standard InChI is InChI=1S/C15H18N4O3/c1-22-7-6-16-15(21)10-8-13(20)19(9-10)14-11-4-2-3-5-12(11)17-18-14/h2-5,10H,6-9H2,1H3,(H,16,21)(H,17,18). The van der Waals surface area contributed by atoms with Gasteiger partial charge in [0.25, 0.3) is 0 Å². The van der Waals surface area contributed by atoms with E-state index in [2.05, 4.69) is 15.5 Å². The van der Waals surface area contributed by atoms with Crippen molar-refractivity contribution < 1.29 is 14.3 Å². The van der Waals surface area contributed by atoms with E-state index in [1.165, 1.54) is 0 Å². The number of H-pyrrole nitrogens is 1. The molecule has 1 unspecified atom stereocenters. The van der Waals surface area contributed by atoms with E-state index in [1.54, 1.807) is 12.0 Å². The van der Waals surface area contributed by atoms with Gasteiger partial charge < -0.3 is 10.1 Å². The molecule has 0 bridgehead atoms. The zero-order chi connectivity index (χ0) is 15.5. The molecule has 2 heterocycles. The Bertz CT molecular complexity index is 697. The van der Waals surface area contributed by atoms with Gasteiger partial charge in [0.05, 0.1) is 18.0 Å². The molecule has 116 valence electrons. The lowest BCUT2D eigenvalue weighted by Crippen LogP contribution is -2.34. The molecule has 2 N–H and O–H groups in total. The number of hydrogen-bond donors (Lipinski definition) is 2. The average molecular weight is 302 g/mol. The molecule has 7 nitrogen and oxygen atoms in total. The van der Waals surface area contributed by atoms with Crippen molar-refractivity contribution in [2.75, 3.05) is 31.7 Å². The minimum atomic E-state index is -0.347. The smallest absolute Gasteiger partial charge is 0.229 e. The first-order chi connectivity index (χ1) is 10.7. The van der Waals surface area contributed by atoms with Gasteiger partial charge in [-0.1, -0.05) is 12.1 Å². The maximum Gasteiger partial charge on any atom is 0.229 e. The lowest BCUT2D eigenvalue weighted by molar-refractivity contribution is -0.126. The Hall–Kier alpha value is -2.41. The number of carbonyl (C=O) groups excluding carboxylic acids is 2. The minimum Gasteiger partial charge on any atom is -0.383 e. The summed E-state index contributed by atoms with van der Waals surface area (Å²) in [5.41, 5.74) is 0.873. The highest BCUT2D eigenvalue weighted by molar-refractivity contribution is 6.05. The maximum atomic E-state index is 12.2. The molecule has 1 aromatic carbocycles. The number of carbonyl (C=O) groups is 2. The highest BCUT2D eigenvalue weighted by Gasteiger charge is 2.36. The quantitative estimate of drug-likeness (QED) is 0.795. The van der Waals surface area contributed by atoms with Crippen molar-refractivity contribution in [2.45, 2.75) is 6.42 Å². The summed E-state index contributed by atoms with van der Waals surface area (Å²) < 4.78 is 4.90. The van der Waals surface area contributed by atoms with Crippen molar-refractivity contribution in [3.63, 3.8) is 0 Å². The molecule has 0 spiro atoms. The molecule has 1 atom stereocenters. The number of amides is 2. The summed E-state index contributed by atoms with van der Waals surface area (Å²) in [6.07, 6.45) is 0.208. The number of aromatic nitrogens is 2. The first-order valence-corrected chi connectivity index (χ1v) is 7.21. The molecule has 0 radical (unpaired) electrons. The van der Waals surface area contributed by atoms with Crippen LogP contribution in [0.3, 0.4) is 0 Å². The Kier molecular flexibility index (Phi) is 4.06. The monoisotopic (exact) mass is 302 g/mol. The van der Waals surface area contributed by atoms with E-state index >= 15 is 0 Å². The molecule has 0 aliphatic carbocycles. The summed E-state index contributed by atoms with van der Waals surface area (Å²) in [4.78, 5) is 25.9. The Morgan fingerprint density at radius 1 is 1.50 bits per heavy atom. The van der Waals surface area contributed by atoms with Gasteiger partial charge in [0.15, 0.2) is 5.82 Å². The fourth-order valence-corrected chi connectivity index (χ4v) is 2.66. The SMILES string of the molecule is COCCNC(=O)C1CC(=O)N(c2n[nH]c3ccccc23)C1. The van der Waals surface area contributed by atoms with Gasteiger partial charge in [0, 0.05) is 32.0 Å². The molecule has 1 aliphatic rings. The summed E-state index contributed by atoms with van der Waals surface area (Å²) in [7, 11) is 1.58. The Labute approximate surface area is 127 Å². The summed E-state index contributed by atoms with van der Waals surface area (Å²) >= 11 is 0. The largest absolute Gasteiger partial charge is 0.383 e. The number of benzene rings is 1. The maximum absolute atomic E-state index is 12.2. The van der Waals surface area contributed by atoms with Crippen molar-refractivity contribution >= 4 is 28.5 Å². The first-order valence-electron chi connectivity index (χ1n) is 7.21. The van der Waals surface area contributed by atoms with E-state index in [0.29, 0.717) is 25.5 Å². The number of ether oxygens (including phenoxy) is 1. The Balaban J connectivity index is 1.73. The molecule has 7 heteroatoms. The van der Waals surface area contributed by atoms with Gasteiger partial charge >= 0.3 is 0 Å². The predicted molar refractivity (Wildman–Crippen MR) is 81.4 cm³/mol. The second-order valence-corrected chi connectivity index (χ2v) is 5.28. The van der Waals surface area contributed by atoms with Crippen molar-refractivity contribution in [3.8, 4) is 0 Å². The minimum absolute atomic E-state index is 0.0795. The molecule has 2 amide bonds. The summed E-state index contributed by atoms with van der Waals surface area (Å²) in [6, 6.07) is 7.62. The zero-order valence-electron chi connectivity index (χ0n) is 12.3. The molecule has 2 aromatic rings. The molecule has 1 fully saturated rings. The van der Waals surface area contributed by atoms with Crippen molar-refractivity contribution in [1.82, 2.24) is 15.5 Å². The van der Waals surface area contributed by atoms with Gasteiger partial charge in [-0.2, -0.15) is 5.10 Å². The third-order valence-corrected chi connectivity index (χ3v) is 3.81. The van der Waals surface area contributed by atoms with Crippen LogP contribution in [0.15, 0.2) is 24.3 Å². The lowest BCUT2D eigenvalue weighted by Gasteiger charge is -2.14. The van der Waals surface area contributed by atoms with Crippen molar-refractivity contribution in [1.29, 1.82) is 0 Å². The van der Waals surface area contributed by atoms with Crippen LogP contribution in [0.5, 0.6) is 0 Å². The van der Waals surface area contributed by atoms with E-state index in [9.17, 15) is 9.59 Å². The topological polar surface area (TPSA) is 87.3 Å². The number of aromatic amines is 1. The van der Waals surface area contributed by atoms with Crippen LogP contribution in [0.25, 0.3) is 10.9 Å². The number of nitrogens with one attached hydrogen (secondary N) is 2. The van der Waals surface area contributed by atoms with Gasteiger partial charge in [0.1, 0.15) is 0 Å². The molecule has 1 aliphatic heterocycles. The summed E-state index contributed by atoms with van der Waals surface area (Å²) in [5.74, 6) is 0.0458. The Morgan fingerprint density at radius 2 is 2.32 bits per heavy atom. The molecule has 3 rings (SSSR count). The van der Waals surface area contributed by atoms with Gasteiger partial charge in [0.2, 0.25) is 11.8 Å². The highest BCUT2D eigenvalue weighted by atomic mass is 16.5. The fourth-order valence-electron chi connectivity index (χ4n) is 2.66. The second-order valence-electron chi connectivity index (χ2n) is 5.28. The zero-order valence-corrected chi connectivity index (χ0v) is 12.3. The number of fused-ring (bicyclic) bond motifs is 1. The van der Waals surface area contributed by atoms with Crippen molar-refractivity contribution in [2.24, 2.45) is 5.92 Å². The van der Waals surface area contributed by atoms with Crippen LogP contribution >= 0.6 is 0 Å². The van der Waals surface area contributed by atoms with E-state index in [-0.39, 0.29) is 24.2 Å². The van der Waals surface area contributed by atoms with Crippen LogP contribution in [0, 0.1) is 5.92 Å². The number of methoxy groups -OCH3 is 1. The first kappa shape index (κ1) is 14.5. The summed E-state index contributed by atoms with van der Waals surface area (Å²) in [5, 5.41) is 10.8. The third kappa shape index (κ3) is 2.67. The van der Waals surface area contributed by atoms with Gasteiger partial charge in [-0.05, 0) is 12.1 Å². The van der Waals surface area contributed by atoms with Crippen LogP contribution in [0.1, 0.15) is 6.42 Å². The predicted octanol–water partition coefficient (Wildman–Crippen LogP) is 0.678. The highest BCUT2D eigenvalue weighted by Crippen LogP contribution is 2.29. The summed E-state index contributed by atoms with van der Waals surface area (Å²) in [6.45, 7) is 1.26. The number of hydrogen-bond acceptors (Lipinski definition) is 4. The molecular weight excluding hydrogens is 284 g/mol. The molecule has 22 heavy (non-hydrogen) atoms. The second kappa shape index (κ2) is 6.15. The number of para-hydroxylation sites is 1. The van der Waals surface area contributed by atoms with E-state index < -0.39 is 0 Å². The molecular formula is C15H18N4O3. The van der Waals surface area contributed by atoms with Crippen LogP contribution in [-0.4, -0.2) is 48.8 Å². The van der Waals surface area contributed by atoms with Crippen LogP contribution in [0.4, 0.5) is 5.82 Å². The number of rotatable bonds is 5. The normalized spacial score (nSPS) is 18.1. The van der Waals surface area contributed by atoms with Gasteiger partial charge in [-0.25, -0.2) is 0 Å². The molecule has 1 saturated heterocycles. The molecule has 0 saturated carbocycles. The fraction of sp³-hybridized carbons (Fsp3) is 0.400. The van der Waals surface area contributed by atoms with Crippen molar-refractivity contribution in [3.05, 3.63) is 24.3 Å². The van der Waals surface area contributed by atoms with E-state index in [4.69, 9.17) is 4.74 Å². The van der Waals surface area contributed by atoms with E-state index in [1.807, 2.05) is 24.3 Å².